The van der Waals surface area contributed by atoms with Crippen LogP contribution in [0.5, 0.6) is 5.75 Å². The van der Waals surface area contributed by atoms with Gasteiger partial charge in [0.2, 0.25) is 0 Å². The van der Waals surface area contributed by atoms with Crippen molar-refractivity contribution < 1.29 is 14.3 Å². The van der Waals surface area contributed by atoms with Gasteiger partial charge in [0.15, 0.2) is 5.75 Å². The summed E-state index contributed by atoms with van der Waals surface area (Å²) < 4.78 is 13.1. The highest BCUT2D eigenvalue weighted by Gasteiger charge is 2.32. The summed E-state index contributed by atoms with van der Waals surface area (Å²) in [6, 6.07) is 10.3. The van der Waals surface area contributed by atoms with Gasteiger partial charge < -0.3 is 10.0 Å². The van der Waals surface area contributed by atoms with Gasteiger partial charge in [0.25, 0.3) is 5.91 Å². The normalized spacial score (nSPS) is 13.1. The highest BCUT2D eigenvalue weighted by Crippen LogP contribution is 2.39. The molecule has 6 heteroatoms. The van der Waals surface area contributed by atoms with Crippen molar-refractivity contribution in [2.24, 2.45) is 0 Å². The Balaban J connectivity index is 1.88. The Morgan fingerprint density at radius 1 is 1.30 bits per heavy atom. The van der Waals surface area contributed by atoms with Crippen LogP contribution in [-0.4, -0.2) is 27.9 Å². The van der Waals surface area contributed by atoms with E-state index >= 15 is 0 Å². The second kappa shape index (κ2) is 6.36. The second-order valence-corrected chi connectivity index (χ2v) is 6.72. The third kappa shape index (κ3) is 2.77. The van der Waals surface area contributed by atoms with E-state index in [4.69, 9.17) is 0 Å². The Bertz CT molecular complexity index is 1120. The van der Waals surface area contributed by atoms with Gasteiger partial charge in [-0.2, -0.15) is 5.26 Å². The minimum Gasteiger partial charge on any atom is -0.505 e. The van der Waals surface area contributed by atoms with E-state index in [1.54, 1.807) is 25.4 Å². The van der Waals surface area contributed by atoms with Gasteiger partial charge in [0.1, 0.15) is 11.3 Å². The summed E-state index contributed by atoms with van der Waals surface area (Å²) in [5.41, 5.74) is 3.80. The zero-order chi connectivity index (χ0) is 19.1. The van der Waals surface area contributed by atoms with Crippen LogP contribution in [0.25, 0.3) is 10.9 Å². The molecule has 0 atom stereocenters. The maximum atomic E-state index is 13.1. The molecule has 1 aromatic heterocycles. The number of hydrogen-bond donors (Lipinski definition) is 1. The number of amides is 1. The number of rotatable bonds is 3. The van der Waals surface area contributed by atoms with Crippen molar-refractivity contribution in [2.45, 2.75) is 19.4 Å². The number of aromatic nitrogens is 1. The Labute approximate surface area is 155 Å². The van der Waals surface area contributed by atoms with Crippen molar-refractivity contribution in [1.82, 2.24) is 9.88 Å². The highest BCUT2D eigenvalue weighted by molar-refractivity contribution is 6.07. The third-order valence-electron chi connectivity index (χ3n) is 4.93. The molecule has 3 aromatic rings. The van der Waals surface area contributed by atoms with E-state index < -0.39 is 0 Å². The fraction of sp³-hybridized carbons (Fsp3) is 0.190. The molecule has 5 nitrogen and oxygen atoms in total. The molecular weight excluding hydrogens is 345 g/mol. The topological polar surface area (TPSA) is 77.2 Å². The number of carbonyl (C=O) groups excluding carboxylic acids is 1. The summed E-state index contributed by atoms with van der Waals surface area (Å²) in [6.07, 6.45) is 2.31. The molecule has 0 saturated heterocycles. The molecule has 0 saturated carbocycles. The second-order valence-electron chi connectivity index (χ2n) is 6.72. The molecule has 134 valence electrons. The number of halogens is 1. The predicted octanol–water partition coefficient (Wildman–Crippen LogP) is 3.32. The number of nitriles is 1. The van der Waals surface area contributed by atoms with Gasteiger partial charge in [-0.15, -0.1) is 0 Å². The molecule has 1 N–H and O–H groups in total. The fourth-order valence-corrected chi connectivity index (χ4v) is 3.62. The molecule has 2 aromatic carbocycles. The molecule has 0 aliphatic carbocycles. The average molecular weight is 361 g/mol. The van der Waals surface area contributed by atoms with E-state index in [0.29, 0.717) is 29.4 Å². The SMILES string of the molecule is CN1Cc2c(c(O)c3ncc(Cc4ccc(F)cc4)cc3c2CC#N)C1=O. The number of benzene rings is 2. The summed E-state index contributed by atoms with van der Waals surface area (Å²) in [4.78, 5) is 18.3. The third-order valence-corrected chi connectivity index (χ3v) is 4.93. The number of hydrogen-bond acceptors (Lipinski definition) is 4. The first-order valence-corrected chi connectivity index (χ1v) is 8.51. The van der Waals surface area contributed by atoms with Crippen molar-refractivity contribution in [3.05, 3.63) is 70.2 Å². The molecule has 4 rings (SSSR count). The lowest BCUT2D eigenvalue weighted by atomic mass is 9.93. The Morgan fingerprint density at radius 3 is 2.74 bits per heavy atom. The van der Waals surface area contributed by atoms with Crippen LogP contribution in [-0.2, 0) is 19.4 Å². The first-order valence-electron chi connectivity index (χ1n) is 8.51. The molecule has 0 unspecified atom stereocenters. The van der Waals surface area contributed by atoms with Crippen molar-refractivity contribution in [2.75, 3.05) is 7.05 Å². The summed E-state index contributed by atoms with van der Waals surface area (Å²) in [6.45, 7) is 0.358. The lowest BCUT2D eigenvalue weighted by Crippen LogP contribution is -2.17. The lowest BCUT2D eigenvalue weighted by molar-refractivity contribution is 0.0814. The minimum atomic E-state index is -0.291. The van der Waals surface area contributed by atoms with Crippen LogP contribution in [0, 0.1) is 17.1 Å². The maximum absolute atomic E-state index is 13.1. The number of fused-ring (bicyclic) bond motifs is 2. The number of aromatic hydroxyl groups is 1. The zero-order valence-electron chi connectivity index (χ0n) is 14.7. The number of phenolic OH excluding ortho intramolecular Hbond substituents is 1. The van der Waals surface area contributed by atoms with E-state index in [9.17, 15) is 19.6 Å². The molecule has 27 heavy (non-hydrogen) atoms. The Hall–Kier alpha value is -3.46. The molecule has 0 radical (unpaired) electrons. The van der Waals surface area contributed by atoms with Crippen molar-refractivity contribution >= 4 is 16.8 Å². The summed E-state index contributed by atoms with van der Waals surface area (Å²) in [5.74, 6) is -0.689. The van der Waals surface area contributed by atoms with Crippen molar-refractivity contribution in [1.29, 1.82) is 5.26 Å². The van der Waals surface area contributed by atoms with Gasteiger partial charge in [-0.05, 0) is 46.9 Å². The molecule has 0 spiro atoms. The van der Waals surface area contributed by atoms with Crippen LogP contribution in [0.15, 0.2) is 36.5 Å². The highest BCUT2D eigenvalue weighted by atomic mass is 19.1. The first kappa shape index (κ1) is 17.0. The van der Waals surface area contributed by atoms with Crippen molar-refractivity contribution in [3.8, 4) is 11.8 Å². The van der Waals surface area contributed by atoms with Gasteiger partial charge in [-0.25, -0.2) is 4.39 Å². The van der Waals surface area contributed by atoms with Crippen LogP contribution in [0.3, 0.4) is 0 Å². The lowest BCUT2D eigenvalue weighted by Gasteiger charge is -2.12. The maximum Gasteiger partial charge on any atom is 0.258 e. The molecule has 1 aliphatic rings. The van der Waals surface area contributed by atoms with Crippen LogP contribution in [0.4, 0.5) is 4.39 Å². The molecule has 1 aliphatic heterocycles. The van der Waals surface area contributed by atoms with E-state index in [1.807, 2.05) is 6.07 Å². The number of phenols is 1. The predicted molar refractivity (Wildman–Crippen MR) is 97.7 cm³/mol. The molecule has 2 heterocycles. The minimum absolute atomic E-state index is 0.127. The van der Waals surface area contributed by atoms with Gasteiger partial charge >= 0.3 is 0 Å². The summed E-state index contributed by atoms with van der Waals surface area (Å²) >= 11 is 0. The standard InChI is InChI=1S/C21H16FN3O2/c1-25-11-17-15(6-7-23)16-9-13(8-12-2-4-14(22)5-3-12)10-24-19(16)20(26)18(17)21(25)27/h2-5,9-10,26H,6,8,11H2,1H3. The first-order chi connectivity index (χ1) is 13.0. The zero-order valence-corrected chi connectivity index (χ0v) is 14.7. The van der Waals surface area contributed by atoms with Gasteiger partial charge in [-0.1, -0.05) is 12.1 Å². The van der Waals surface area contributed by atoms with Crippen LogP contribution >= 0.6 is 0 Å². The van der Waals surface area contributed by atoms with Gasteiger partial charge in [-0.3, -0.25) is 9.78 Å². The van der Waals surface area contributed by atoms with E-state index in [2.05, 4.69) is 11.1 Å². The molecule has 1 amide bonds. The smallest absolute Gasteiger partial charge is 0.258 e. The average Bonchev–Trinajstić information content (AvgIpc) is 2.95. The molecular formula is C21H16FN3O2. The number of pyridine rings is 1. The summed E-state index contributed by atoms with van der Waals surface area (Å²) in [7, 11) is 1.66. The Morgan fingerprint density at radius 2 is 2.04 bits per heavy atom. The largest absolute Gasteiger partial charge is 0.505 e. The van der Waals surface area contributed by atoms with Crippen LogP contribution in [0.2, 0.25) is 0 Å². The quantitative estimate of drug-likeness (QED) is 0.776. The van der Waals surface area contributed by atoms with E-state index in [1.165, 1.54) is 17.0 Å². The fourth-order valence-electron chi connectivity index (χ4n) is 3.62. The molecule has 0 bridgehead atoms. The van der Waals surface area contributed by atoms with Crippen LogP contribution < -0.4 is 0 Å². The monoisotopic (exact) mass is 361 g/mol. The van der Waals surface area contributed by atoms with Crippen molar-refractivity contribution in [3.63, 3.8) is 0 Å². The number of carbonyl (C=O) groups is 1. The Kier molecular flexibility index (Phi) is 4.00. The number of nitrogens with zero attached hydrogens (tertiary/aromatic N) is 3. The van der Waals surface area contributed by atoms with Gasteiger partial charge in [0, 0.05) is 25.2 Å². The van der Waals surface area contributed by atoms with E-state index in [0.717, 1.165) is 16.7 Å². The van der Waals surface area contributed by atoms with Gasteiger partial charge in [0.05, 0.1) is 18.1 Å². The van der Waals surface area contributed by atoms with Crippen LogP contribution in [0.1, 0.15) is 32.6 Å². The summed E-state index contributed by atoms with van der Waals surface area (Å²) in [5, 5.41) is 20.6. The molecule has 0 fully saturated rings. The van der Waals surface area contributed by atoms with E-state index in [-0.39, 0.29) is 29.5 Å².